The van der Waals surface area contributed by atoms with E-state index in [-0.39, 0.29) is 0 Å². The smallest absolute Gasteiger partial charge is 0.183 e. The average Bonchev–Trinajstić information content (AvgIpc) is 2.79. The maximum atomic E-state index is 9.10. The van der Waals surface area contributed by atoms with E-state index in [1.807, 2.05) is 6.07 Å². The molecule has 2 heterocycles. The first-order valence-electron chi connectivity index (χ1n) is 5.76. The number of nitrogens with two attached hydrogens (primary N) is 1. The monoisotopic (exact) mass is 256 g/mol. The molecule has 90 valence electrons. The lowest BCUT2D eigenvalue weighted by Gasteiger charge is -2.29. The second kappa shape index (κ2) is 4.31. The van der Waals surface area contributed by atoms with Crippen molar-refractivity contribution in [3.05, 3.63) is 40.3 Å². The van der Waals surface area contributed by atoms with Crippen molar-refractivity contribution in [3.8, 4) is 6.07 Å². The van der Waals surface area contributed by atoms with E-state index in [0.29, 0.717) is 10.0 Å². The summed E-state index contributed by atoms with van der Waals surface area (Å²) in [5.41, 5.74) is 8.38. The number of nitriles is 1. The summed E-state index contributed by atoms with van der Waals surface area (Å²) in [6.07, 6.45) is 0.985. The van der Waals surface area contributed by atoms with Crippen LogP contribution in [0.25, 0.3) is 0 Å². The van der Waals surface area contributed by atoms with Gasteiger partial charge in [0, 0.05) is 13.1 Å². The summed E-state index contributed by atoms with van der Waals surface area (Å²) in [5.74, 6) is 0.731. The third kappa shape index (κ3) is 1.81. The summed E-state index contributed by atoms with van der Waals surface area (Å²) < 4.78 is 0. The highest BCUT2D eigenvalue weighted by atomic mass is 32.1. The Kier molecular flexibility index (Phi) is 2.65. The molecule has 0 saturated heterocycles. The molecule has 2 aromatic rings. The van der Waals surface area contributed by atoms with Crippen molar-refractivity contribution in [1.82, 2.24) is 4.98 Å². The van der Waals surface area contributed by atoms with Gasteiger partial charge in [0.1, 0.15) is 6.07 Å². The first kappa shape index (κ1) is 11.1. The van der Waals surface area contributed by atoms with Crippen LogP contribution in [0.3, 0.4) is 0 Å². The van der Waals surface area contributed by atoms with Crippen LogP contribution >= 0.6 is 11.3 Å². The molecular weight excluding hydrogens is 244 g/mol. The number of hydrogen-bond acceptors (Lipinski definition) is 5. The van der Waals surface area contributed by atoms with Crippen molar-refractivity contribution in [3.63, 3.8) is 0 Å². The fourth-order valence-corrected chi connectivity index (χ4v) is 2.94. The van der Waals surface area contributed by atoms with Crippen molar-refractivity contribution in [2.24, 2.45) is 0 Å². The first-order chi connectivity index (χ1) is 8.78. The van der Waals surface area contributed by atoms with Gasteiger partial charge in [0.05, 0.1) is 0 Å². The summed E-state index contributed by atoms with van der Waals surface area (Å²) in [4.78, 5) is 7.01. The molecule has 0 saturated carbocycles. The number of benzene rings is 1. The molecule has 0 aliphatic carbocycles. The van der Waals surface area contributed by atoms with Crippen LogP contribution in [-0.2, 0) is 13.0 Å². The fraction of sp³-hybridized carbons (Fsp3) is 0.231. The number of nitrogens with zero attached hydrogens (tertiary/aromatic N) is 3. The Morgan fingerprint density at radius 3 is 2.89 bits per heavy atom. The number of nitrogen functional groups attached to an aromatic ring is 1. The zero-order valence-corrected chi connectivity index (χ0v) is 10.6. The number of hydrogen-bond donors (Lipinski definition) is 1. The summed E-state index contributed by atoms with van der Waals surface area (Å²) in [6, 6.07) is 10.6. The van der Waals surface area contributed by atoms with Gasteiger partial charge >= 0.3 is 0 Å². The number of anilines is 2. The molecule has 3 rings (SSSR count). The van der Waals surface area contributed by atoms with E-state index in [4.69, 9.17) is 11.0 Å². The van der Waals surface area contributed by atoms with Crippen molar-refractivity contribution in [2.75, 3.05) is 17.2 Å². The number of fused-ring (bicyclic) bond motifs is 1. The lowest BCUT2D eigenvalue weighted by atomic mass is 10.00. The molecular formula is C13H12N4S. The topological polar surface area (TPSA) is 65.9 Å². The van der Waals surface area contributed by atoms with Gasteiger partial charge in [-0.25, -0.2) is 4.98 Å². The summed E-state index contributed by atoms with van der Waals surface area (Å²) in [5, 5.41) is 9.55. The van der Waals surface area contributed by atoms with Crippen molar-refractivity contribution in [2.45, 2.75) is 13.0 Å². The molecule has 4 nitrogen and oxygen atoms in total. The maximum absolute atomic E-state index is 9.10. The van der Waals surface area contributed by atoms with Gasteiger partial charge in [0.15, 0.2) is 15.8 Å². The van der Waals surface area contributed by atoms with E-state index in [1.54, 1.807) is 0 Å². The van der Waals surface area contributed by atoms with Crippen molar-refractivity contribution < 1.29 is 0 Å². The minimum atomic E-state index is 0.459. The van der Waals surface area contributed by atoms with Crippen LogP contribution in [0, 0.1) is 11.3 Å². The molecule has 1 aliphatic rings. The van der Waals surface area contributed by atoms with Gasteiger partial charge in [0.2, 0.25) is 0 Å². The average molecular weight is 256 g/mol. The molecule has 0 atom stereocenters. The van der Waals surface area contributed by atoms with E-state index in [2.05, 4.69) is 34.2 Å². The number of aromatic nitrogens is 1. The Morgan fingerprint density at radius 2 is 2.11 bits per heavy atom. The SMILES string of the molecule is N#Cc1sc(N)nc1N1CCc2ccccc2C1. The summed E-state index contributed by atoms with van der Waals surface area (Å²) in [6.45, 7) is 1.68. The second-order valence-electron chi connectivity index (χ2n) is 4.26. The minimum Gasteiger partial charge on any atom is -0.375 e. The van der Waals surface area contributed by atoms with Gasteiger partial charge < -0.3 is 10.6 Å². The van der Waals surface area contributed by atoms with E-state index < -0.39 is 0 Å². The third-order valence-corrected chi connectivity index (χ3v) is 3.94. The maximum Gasteiger partial charge on any atom is 0.183 e. The molecule has 0 fully saturated rings. The Labute approximate surface area is 109 Å². The molecule has 0 radical (unpaired) electrons. The molecule has 0 bridgehead atoms. The van der Waals surface area contributed by atoms with Crippen LogP contribution in [0.5, 0.6) is 0 Å². The predicted molar refractivity (Wildman–Crippen MR) is 72.4 cm³/mol. The Hall–Kier alpha value is -2.06. The highest BCUT2D eigenvalue weighted by Gasteiger charge is 2.21. The highest BCUT2D eigenvalue weighted by molar-refractivity contribution is 7.16. The highest BCUT2D eigenvalue weighted by Crippen LogP contribution is 2.30. The van der Waals surface area contributed by atoms with E-state index in [1.165, 1.54) is 22.5 Å². The molecule has 18 heavy (non-hydrogen) atoms. The van der Waals surface area contributed by atoms with Gasteiger partial charge in [-0.05, 0) is 17.5 Å². The molecule has 0 unspecified atom stereocenters. The number of thiazole rings is 1. The van der Waals surface area contributed by atoms with Crippen LogP contribution in [0.4, 0.5) is 10.9 Å². The zero-order chi connectivity index (χ0) is 12.5. The quantitative estimate of drug-likeness (QED) is 0.849. The third-order valence-electron chi connectivity index (χ3n) is 3.16. The van der Waals surface area contributed by atoms with Gasteiger partial charge in [-0.2, -0.15) is 5.26 Å². The van der Waals surface area contributed by atoms with Crippen LogP contribution in [0.1, 0.15) is 16.0 Å². The van der Waals surface area contributed by atoms with Gasteiger partial charge in [-0.15, -0.1) is 0 Å². The Bertz CT molecular complexity index is 626. The molecule has 1 aromatic carbocycles. The second-order valence-corrected chi connectivity index (χ2v) is 5.29. The molecule has 1 aromatic heterocycles. The molecule has 5 heteroatoms. The predicted octanol–water partition coefficient (Wildman–Crippen LogP) is 2.16. The number of rotatable bonds is 1. The Morgan fingerprint density at radius 1 is 1.33 bits per heavy atom. The molecule has 0 amide bonds. The molecule has 1 aliphatic heterocycles. The summed E-state index contributed by atoms with van der Waals surface area (Å²) in [7, 11) is 0. The Balaban J connectivity index is 1.94. The lowest BCUT2D eigenvalue weighted by Crippen LogP contribution is -2.31. The molecule has 2 N–H and O–H groups in total. The van der Waals surface area contributed by atoms with Gasteiger partial charge in [-0.3, -0.25) is 0 Å². The molecule has 0 spiro atoms. The normalized spacial score (nSPS) is 14.1. The van der Waals surface area contributed by atoms with Gasteiger partial charge in [-0.1, -0.05) is 35.6 Å². The van der Waals surface area contributed by atoms with E-state index in [0.717, 1.165) is 25.3 Å². The zero-order valence-electron chi connectivity index (χ0n) is 9.76. The van der Waals surface area contributed by atoms with Crippen molar-refractivity contribution >= 4 is 22.3 Å². The fourth-order valence-electron chi connectivity index (χ4n) is 2.29. The minimum absolute atomic E-state index is 0.459. The van der Waals surface area contributed by atoms with Crippen LogP contribution in [-0.4, -0.2) is 11.5 Å². The van der Waals surface area contributed by atoms with Crippen molar-refractivity contribution in [1.29, 1.82) is 5.26 Å². The van der Waals surface area contributed by atoms with E-state index in [9.17, 15) is 0 Å². The van der Waals surface area contributed by atoms with Crippen LogP contribution < -0.4 is 10.6 Å². The van der Waals surface area contributed by atoms with E-state index >= 15 is 0 Å². The summed E-state index contributed by atoms with van der Waals surface area (Å²) >= 11 is 1.25. The van der Waals surface area contributed by atoms with Crippen LogP contribution in [0.2, 0.25) is 0 Å². The largest absolute Gasteiger partial charge is 0.375 e. The lowest BCUT2D eigenvalue weighted by molar-refractivity contribution is 0.723. The standard InChI is InChI=1S/C13H12N4S/c14-7-11-12(16-13(15)18-11)17-6-5-9-3-1-2-4-10(9)8-17/h1-4H,5-6,8H2,(H2,15,16). The van der Waals surface area contributed by atoms with Gasteiger partial charge in [0.25, 0.3) is 0 Å². The van der Waals surface area contributed by atoms with Crippen LogP contribution in [0.15, 0.2) is 24.3 Å². The first-order valence-corrected chi connectivity index (χ1v) is 6.57.